The van der Waals surface area contributed by atoms with Crippen LogP contribution >= 0.6 is 11.8 Å². The highest BCUT2D eigenvalue weighted by molar-refractivity contribution is 7.99. The molecule has 6 nitrogen and oxygen atoms in total. The zero-order valence-electron chi connectivity index (χ0n) is 13.7. The molecule has 1 amide bonds. The SMILES string of the molecule is N#Cc1ncc(Sc2ccc(C(=O)N[C@H]3CN4CCC3CC4)cc2)[nH]1. The van der Waals surface area contributed by atoms with Crippen LogP contribution in [-0.4, -0.2) is 46.5 Å². The molecule has 1 aromatic carbocycles. The Hall–Kier alpha value is -2.30. The fraction of sp³-hybridized carbons (Fsp3) is 0.389. The smallest absolute Gasteiger partial charge is 0.251 e. The lowest BCUT2D eigenvalue weighted by Gasteiger charge is -2.44. The van der Waals surface area contributed by atoms with E-state index in [0.29, 0.717) is 17.3 Å². The molecule has 0 saturated carbocycles. The molecule has 7 heteroatoms. The van der Waals surface area contributed by atoms with Gasteiger partial charge in [0.2, 0.25) is 5.82 Å². The number of hydrogen-bond acceptors (Lipinski definition) is 5. The summed E-state index contributed by atoms with van der Waals surface area (Å²) in [4.78, 5) is 22.8. The molecule has 5 rings (SSSR count). The third kappa shape index (κ3) is 3.55. The van der Waals surface area contributed by atoms with Crippen LogP contribution < -0.4 is 5.32 Å². The highest BCUT2D eigenvalue weighted by Gasteiger charge is 2.34. The molecule has 0 aliphatic carbocycles. The number of aromatic nitrogens is 2. The van der Waals surface area contributed by atoms with Gasteiger partial charge in [-0.25, -0.2) is 4.98 Å². The lowest BCUT2D eigenvalue weighted by Crippen LogP contribution is -2.57. The average Bonchev–Trinajstić information content (AvgIpc) is 3.11. The summed E-state index contributed by atoms with van der Waals surface area (Å²) in [6, 6.07) is 9.78. The van der Waals surface area contributed by atoms with E-state index in [4.69, 9.17) is 5.26 Å². The molecule has 4 heterocycles. The fourth-order valence-corrected chi connectivity index (χ4v) is 4.37. The van der Waals surface area contributed by atoms with Gasteiger partial charge in [-0.3, -0.25) is 4.79 Å². The first-order valence-electron chi connectivity index (χ1n) is 8.47. The number of nitriles is 1. The minimum absolute atomic E-state index is 0.00334. The van der Waals surface area contributed by atoms with Crippen molar-refractivity contribution in [2.45, 2.75) is 28.8 Å². The molecule has 1 aromatic heterocycles. The second-order valence-electron chi connectivity index (χ2n) is 6.55. The Morgan fingerprint density at radius 2 is 2.08 bits per heavy atom. The number of hydrogen-bond donors (Lipinski definition) is 2. The van der Waals surface area contributed by atoms with E-state index in [-0.39, 0.29) is 11.9 Å². The van der Waals surface area contributed by atoms with Gasteiger partial charge in [0.15, 0.2) is 0 Å². The van der Waals surface area contributed by atoms with E-state index in [1.807, 2.05) is 30.3 Å². The highest BCUT2D eigenvalue weighted by Crippen LogP contribution is 2.28. The standard InChI is InChI=1S/C18H19N5OS/c19-9-16-20-10-17(22-16)25-14-3-1-13(2-4-14)18(24)21-15-11-23-7-5-12(15)6-8-23/h1-4,10,12,15H,5-8,11H2,(H,20,22)(H,21,24)/t15-/m0/s1. The van der Waals surface area contributed by atoms with Crippen molar-refractivity contribution in [2.24, 2.45) is 5.92 Å². The molecule has 2 bridgehead atoms. The molecule has 3 saturated heterocycles. The Morgan fingerprint density at radius 3 is 2.68 bits per heavy atom. The number of amides is 1. The lowest BCUT2D eigenvalue weighted by atomic mass is 9.84. The van der Waals surface area contributed by atoms with Gasteiger partial charge in [-0.2, -0.15) is 5.26 Å². The normalized spacial score (nSPS) is 24.7. The number of aromatic amines is 1. The van der Waals surface area contributed by atoms with Gasteiger partial charge in [-0.05, 0) is 56.1 Å². The first-order chi connectivity index (χ1) is 12.2. The van der Waals surface area contributed by atoms with Crippen molar-refractivity contribution in [3.8, 4) is 6.07 Å². The summed E-state index contributed by atoms with van der Waals surface area (Å²) in [7, 11) is 0. The van der Waals surface area contributed by atoms with Crippen molar-refractivity contribution in [3.63, 3.8) is 0 Å². The van der Waals surface area contributed by atoms with Crippen LogP contribution in [0, 0.1) is 17.2 Å². The molecule has 2 N–H and O–H groups in total. The van der Waals surface area contributed by atoms with Crippen LogP contribution in [0.3, 0.4) is 0 Å². The monoisotopic (exact) mass is 353 g/mol. The summed E-state index contributed by atoms with van der Waals surface area (Å²) in [5, 5.41) is 12.8. The molecule has 3 fully saturated rings. The summed E-state index contributed by atoms with van der Waals surface area (Å²) in [6.45, 7) is 3.32. The number of nitrogens with zero attached hydrogens (tertiary/aromatic N) is 3. The van der Waals surface area contributed by atoms with Gasteiger partial charge in [0.25, 0.3) is 5.91 Å². The molecule has 0 radical (unpaired) electrons. The van der Waals surface area contributed by atoms with Crippen molar-refractivity contribution in [1.29, 1.82) is 5.26 Å². The van der Waals surface area contributed by atoms with Crippen molar-refractivity contribution < 1.29 is 4.79 Å². The maximum Gasteiger partial charge on any atom is 0.251 e. The predicted octanol–water partition coefficient (Wildman–Crippen LogP) is 2.26. The molecule has 0 unspecified atom stereocenters. The Kier molecular flexibility index (Phi) is 4.47. The topological polar surface area (TPSA) is 84.8 Å². The number of benzene rings is 1. The van der Waals surface area contributed by atoms with Crippen molar-refractivity contribution in [3.05, 3.63) is 41.9 Å². The van der Waals surface area contributed by atoms with Gasteiger partial charge >= 0.3 is 0 Å². The quantitative estimate of drug-likeness (QED) is 0.881. The average molecular weight is 353 g/mol. The molecule has 3 aliphatic rings. The van der Waals surface area contributed by atoms with Gasteiger partial charge in [0, 0.05) is 23.0 Å². The summed E-state index contributed by atoms with van der Waals surface area (Å²) in [5.74, 6) is 0.929. The second-order valence-corrected chi connectivity index (χ2v) is 7.67. The summed E-state index contributed by atoms with van der Waals surface area (Å²) >= 11 is 1.48. The van der Waals surface area contributed by atoms with Crippen LogP contribution in [0.15, 0.2) is 40.4 Å². The van der Waals surface area contributed by atoms with E-state index in [0.717, 1.165) is 16.5 Å². The van der Waals surface area contributed by atoms with Crippen molar-refractivity contribution in [2.75, 3.05) is 19.6 Å². The fourth-order valence-electron chi connectivity index (χ4n) is 3.59. The number of imidazole rings is 1. The molecule has 0 spiro atoms. The Morgan fingerprint density at radius 1 is 1.32 bits per heavy atom. The predicted molar refractivity (Wildman–Crippen MR) is 94.3 cm³/mol. The van der Waals surface area contributed by atoms with Crippen LogP contribution in [0.1, 0.15) is 29.0 Å². The lowest BCUT2D eigenvalue weighted by molar-refractivity contribution is 0.0620. The molecular weight excluding hydrogens is 334 g/mol. The Labute approximate surface area is 150 Å². The van der Waals surface area contributed by atoms with E-state index in [1.165, 1.54) is 37.7 Å². The highest BCUT2D eigenvalue weighted by atomic mass is 32.2. The van der Waals surface area contributed by atoms with Crippen LogP contribution in [0.2, 0.25) is 0 Å². The molecule has 2 aromatic rings. The molecule has 1 atom stereocenters. The van der Waals surface area contributed by atoms with Gasteiger partial charge in [0.1, 0.15) is 6.07 Å². The van der Waals surface area contributed by atoms with E-state index in [9.17, 15) is 4.79 Å². The first-order valence-corrected chi connectivity index (χ1v) is 9.29. The van der Waals surface area contributed by atoms with Crippen molar-refractivity contribution >= 4 is 17.7 Å². The minimum atomic E-state index is 0.00334. The van der Waals surface area contributed by atoms with Gasteiger partial charge in [-0.15, -0.1) is 0 Å². The van der Waals surface area contributed by atoms with E-state index < -0.39 is 0 Å². The zero-order chi connectivity index (χ0) is 17.2. The maximum absolute atomic E-state index is 12.5. The van der Waals surface area contributed by atoms with Crippen molar-refractivity contribution in [1.82, 2.24) is 20.2 Å². The summed E-state index contributed by atoms with van der Waals surface area (Å²) in [5.41, 5.74) is 0.683. The van der Waals surface area contributed by atoms with Gasteiger partial charge in [0.05, 0.1) is 11.2 Å². The number of carbonyl (C=O) groups is 1. The third-order valence-corrected chi connectivity index (χ3v) is 5.91. The minimum Gasteiger partial charge on any atom is -0.348 e. The number of piperidine rings is 3. The van der Waals surface area contributed by atoms with Crippen LogP contribution in [-0.2, 0) is 0 Å². The summed E-state index contributed by atoms with van der Waals surface area (Å²) in [6.07, 6.45) is 4.02. The van der Waals surface area contributed by atoms with Crippen LogP contribution in [0.25, 0.3) is 0 Å². The molecular formula is C18H19N5OS. The molecule has 3 aliphatic heterocycles. The number of nitrogens with one attached hydrogen (secondary N) is 2. The Balaban J connectivity index is 1.38. The molecule has 25 heavy (non-hydrogen) atoms. The number of H-pyrrole nitrogens is 1. The zero-order valence-corrected chi connectivity index (χ0v) is 14.6. The number of rotatable bonds is 4. The Bertz CT molecular complexity index is 802. The first kappa shape index (κ1) is 16.2. The second kappa shape index (κ2) is 6.90. The number of carbonyl (C=O) groups excluding carboxylic acids is 1. The summed E-state index contributed by atoms with van der Waals surface area (Å²) < 4.78 is 0. The third-order valence-electron chi connectivity index (χ3n) is 4.98. The number of fused-ring (bicyclic) bond motifs is 3. The molecule has 128 valence electrons. The van der Waals surface area contributed by atoms with Crippen LogP contribution in [0.4, 0.5) is 0 Å². The van der Waals surface area contributed by atoms with Gasteiger partial charge < -0.3 is 15.2 Å². The maximum atomic E-state index is 12.5. The van der Waals surface area contributed by atoms with E-state index >= 15 is 0 Å². The van der Waals surface area contributed by atoms with E-state index in [2.05, 4.69) is 20.2 Å². The largest absolute Gasteiger partial charge is 0.348 e. The van der Waals surface area contributed by atoms with Gasteiger partial charge in [-0.1, -0.05) is 11.8 Å². The van der Waals surface area contributed by atoms with Crippen LogP contribution in [0.5, 0.6) is 0 Å². The van der Waals surface area contributed by atoms with E-state index in [1.54, 1.807) is 6.20 Å².